The molecule has 1 aliphatic rings. The highest BCUT2D eigenvalue weighted by Gasteiger charge is 2.42. The summed E-state index contributed by atoms with van der Waals surface area (Å²) in [5.41, 5.74) is 0.0504. The first-order valence-corrected chi connectivity index (χ1v) is 7.78. The van der Waals surface area contributed by atoms with E-state index in [1.807, 2.05) is 13.8 Å². The van der Waals surface area contributed by atoms with Crippen LogP contribution >= 0.6 is 11.8 Å². The van der Waals surface area contributed by atoms with Crippen LogP contribution in [0.4, 0.5) is 13.2 Å². The lowest BCUT2D eigenvalue weighted by Crippen LogP contribution is -2.56. The molecular formula is C15H18F3NO2S. The molecule has 22 heavy (non-hydrogen) atoms. The maximum Gasteiger partial charge on any atom is 0.416 e. The average molecular weight is 333 g/mol. The zero-order chi connectivity index (χ0) is 16.5. The first kappa shape index (κ1) is 17.1. The molecule has 1 aromatic rings. The van der Waals surface area contributed by atoms with E-state index in [1.165, 1.54) is 19.2 Å². The quantitative estimate of drug-likeness (QED) is 0.842. The number of rotatable bonds is 2. The second-order valence-electron chi connectivity index (χ2n) is 5.71. The van der Waals surface area contributed by atoms with Crippen LogP contribution in [-0.2, 0) is 15.7 Å². The Bertz CT molecular complexity index is 543. The van der Waals surface area contributed by atoms with Gasteiger partial charge in [0.25, 0.3) is 0 Å². The number of benzene rings is 1. The fourth-order valence-corrected chi connectivity index (χ4v) is 3.61. The predicted octanol–water partition coefficient (Wildman–Crippen LogP) is 3.40. The second-order valence-corrected chi connectivity index (χ2v) is 7.38. The van der Waals surface area contributed by atoms with Crippen molar-refractivity contribution in [1.82, 2.24) is 5.32 Å². The van der Waals surface area contributed by atoms with Crippen molar-refractivity contribution >= 4 is 17.7 Å². The van der Waals surface area contributed by atoms with Gasteiger partial charge in [-0.2, -0.15) is 24.9 Å². The fourth-order valence-electron chi connectivity index (χ4n) is 2.40. The Kier molecular flexibility index (Phi) is 4.77. The van der Waals surface area contributed by atoms with Gasteiger partial charge in [-0.05, 0) is 31.5 Å². The number of carbonyl (C=O) groups is 1. The minimum atomic E-state index is -4.34. The molecular weight excluding hydrogens is 315 g/mol. The van der Waals surface area contributed by atoms with Crippen LogP contribution in [0.5, 0.6) is 0 Å². The standard InChI is InChI=1S/C15H18F3NO2S/c1-14(2)12(13(20)21-3)19-11(8-22-14)9-4-6-10(7-5-9)15(16,17)18/h4-7,11-12,19H,8H2,1-3H3/t11-,12-/m1/s1. The predicted molar refractivity (Wildman–Crippen MR) is 79.7 cm³/mol. The van der Waals surface area contributed by atoms with Crippen molar-refractivity contribution in [3.8, 4) is 0 Å². The van der Waals surface area contributed by atoms with E-state index in [4.69, 9.17) is 4.74 Å². The lowest BCUT2D eigenvalue weighted by Gasteiger charge is -2.41. The summed E-state index contributed by atoms with van der Waals surface area (Å²) >= 11 is 1.60. The molecule has 0 unspecified atom stereocenters. The van der Waals surface area contributed by atoms with Gasteiger partial charge in [0.2, 0.25) is 0 Å². The highest BCUT2D eigenvalue weighted by atomic mass is 32.2. The van der Waals surface area contributed by atoms with E-state index >= 15 is 0 Å². The molecule has 2 rings (SSSR count). The molecule has 1 saturated heterocycles. The van der Waals surface area contributed by atoms with Crippen molar-refractivity contribution in [1.29, 1.82) is 0 Å². The number of hydrogen-bond acceptors (Lipinski definition) is 4. The number of nitrogens with one attached hydrogen (secondary N) is 1. The Balaban J connectivity index is 2.18. The van der Waals surface area contributed by atoms with Gasteiger partial charge >= 0.3 is 12.1 Å². The summed E-state index contributed by atoms with van der Waals surface area (Å²) in [5.74, 6) is 0.306. The summed E-state index contributed by atoms with van der Waals surface area (Å²) in [5, 5.41) is 3.19. The van der Waals surface area contributed by atoms with Crippen LogP contribution in [0.15, 0.2) is 24.3 Å². The van der Waals surface area contributed by atoms with Crippen LogP contribution < -0.4 is 5.32 Å². The largest absolute Gasteiger partial charge is 0.468 e. The number of methoxy groups -OCH3 is 1. The molecule has 1 aliphatic heterocycles. The molecule has 1 N–H and O–H groups in total. The Hall–Kier alpha value is -1.21. The summed E-state index contributed by atoms with van der Waals surface area (Å²) in [6, 6.07) is 4.33. The summed E-state index contributed by atoms with van der Waals surface area (Å²) in [6.07, 6.45) is -4.34. The van der Waals surface area contributed by atoms with E-state index in [-0.39, 0.29) is 16.8 Å². The molecule has 2 atom stereocenters. The first-order chi connectivity index (χ1) is 10.1. The molecule has 0 bridgehead atoms. The molecule has 0 spiro atoms. The van der Waals surface area contributed by atoms with Crippen LogP contribution in [0, 0.1) is 0 Å². The summed E-state index contributed by atoms with van der Waals surface area (Å²) in [6.45, 7) is 3.88. The van der Waals surface area contributed by atoms with Crippen LogP contribution in [-0.4, -0.2) is 29.6 Å². The van der Waals surface area contributed by atoms with Gasteiger partial charge in [-0.25, -0.2) is 0 Å². The van der Waals surface area contributed by atoms with Crippen LogP contribution in [0.1, 0.15) is 31.0 Å². The fraction of sp³-hybridized carbons (Fsp3) is 0.533. The van der Waals surface area contributed by atoms with Crippen molar-refractivity contribution in [3.63, 3.8) is 0 Å². The topological polar surface area (TPSA) is 38.3 Å². The Morgan fingerprint density at radius 2 is 1.91 bits per heavy atom. The number of hydrogen-bond donors (Lipinski definition) is 1. The lowest BCUT2D eigenvalue weighted by atomic mass is 9.98. The summed E-state index contributed by atoms with van der Waals surface area (Å²) in [7, 11) is 1.33. The van der Waals surface area contributed by atoms with Crippen LogP contribution in [0.3, 0.4) is 0 Å². The number of esters is 1. The second kappa shape index (κ2) is 6.12. The summed E-state index contributed by atoms with van der Waals surface area (Å²) < 4.78 is 42.3. The van der Waals surface area contributed by atoms with Gasteiger partial charge in [0, 0.05) is 16.5 Å². The normalized spacial score (nSPS) is 24.8. The first-order valence-electron chi connectivity index (χ1n) is 6.80. The molecule has 1 fully saturated rings. The van der Waals surface area contributed by atoms with Gasteiger partial charge in [0.1, 0.15) is 6.04 Å². The van der Waals surface area contributed by atoms with Crippen molar-refractivity contribution in [2.24, 2.45) is 0 Å². The minimum absolute atomic E-state index is 0.190. The molecule has 0 aliphatic carbocycles. The Morgan fingerprint density at radius 3 is 2.41 bits per heavy atom. The molecule has 0 radical (unpaired) electrons. The number of ether oxygens (including phenoxy) is 1. The van der Waals surface area contributed by atoms with E-state index in [9.17, 15) is 18.0 Å². The van der Waals surface area contributed by atoms with E-state index in [1.54, 1.807) is 11.8 Å². The number of halogens is 3. The zero-order valence-electron chi connectivity index (χ0n) is 12.5. The smallest absolute Gasteiger partial charge is 0.416 e. The van der Waals surface area contributed by atoms with Crippen LogP contribution in [0.25, 0.3) is 0 Å². The molecule has 3 nitrogen and oxygen atoms in total. The number of alkyl halides is 3. The van der Waals surface area contributed by atoms with E-state index < -0.39 is 17.8 Å². The minimum Gasteiger partial charge on any atom is -0.468 e. The third-order valence-corrected chi connectivity index (χ3v) is 5.24. The van der Waals surface area contributed by atoms with Gasteiger partial charge in [0.05, 0.1) is 12.7 Å². The molecule has 7 heteroatoms. The van der Waals surface area contributed by atoms with Gasteiger partial charge in [-0.3, -0.25) is 10.1 Å². The Morgan fingerprint density at radius 1 is 1.32 bits per heavy atom. The molecule has 0 saturated carbocycles. The highest BCUT2D eigenvalue weighted by molar-refractivity contribution is 8.00. The third kappa shape index (κ3) is 3.57. The van der Waals surface area contributed by atoms with E-state index in [0.29, 0.717) is 5.75 Å². The van der Waals surface area contributed by atoms with Crippen molar-refractivity contribution in [2.45, 2.75) is 36.9 Å². The molecule has 122 valence electrons. The third-order valence-electron chi connectivity index (χ3n) is 3.76. The average Bonchev–Trinajstić information content (AvgIpc) is 2.45. The number of carbonyl (C=O) groups excluding carboxylic acids is 1. The zero-order valence-corrected chi connectivity index (χ0v) is 13.3. The molecule has 1 aromatic carbocycles. The Labute approximate surface area is 131 Å². The van der Waals surface area contributed by atoms with Gasteiger partial charge in [-0.1, -0.05) is 12.1 Å². The van der Waals surface area contributed by atoms with Crippen molar-refractivity contribution < 1.29 is 22.7 Å². The lowest BCUT2D eigenvalue weighted by molar-refractivity contribution is -0.144. The van der Waals surface area contributed by atoms with Crippen molar-refractivity contribution in [2.75, 3.05) is 12.9 Å². The SMILES string of the molecule is COC(=O)[C@H]1N[C@@H](c2ccc(C(F)(F)F)cc2)CSC1(C)C. The van der Waals surface area contributed by atoms with E-state index in [2.05, 4.69) is 5.32 Å². The highest BCUT2D eigenvalue weighted by Crippen LogP contribution is 2.38. The molecule has 0 aromatic heterocycles. The summed E-state index contributed by atoms with van der Waals surface area (Å²) in [4.78, 5) is 11.9. The maximum atomic E-state index is 12.6. The van der Waals surface area contributed by atoms with Crippen molar-refractivity contribution in [3.05, 3.63) is 35.4 Å². The molecule has 1 heterocycles. The van der Waals surface area contributed by atoms with Gasteiger partial charge < -0.3 is 4.74 Å². The number of thioether (sulfide) groups is 1. The maximum absolute atomic E-state index is 12.6. The molecule has 0 amide bonds. The van der Waals surface area contributed by atoms with Gasteiger partial charge in [0.15, 0.2) is 0 Å². The van der Waals surface area contributed by atoms with E-state index in [0.717, 1.165) is 17.7 Å². The van der Waals surface area contributed by atoms with Crippen LogP contribution in [0.2, 0.25) is 0 Å². The monoisotopic (exact) mass is 333 g/mol. The van der Waals surface area contributed by atoms with Gasteiger partial charge in [-0.15, -0.1) is 0 Å².